The molecule has 1 aromatic heterocycles. The smallest absolute Gasteiger partial charge is 0.169 e. The molecule has 1 saturated heterocycles. The molecule has 0 unspecified atom stereocenters. The van der Waals surface area contributed by atoms with Gasteiger partial charge in [0, 0.05) is 24.8 Å². The van der Waals surface area contributed by atoms with E-state index >= 15 is 0 Å². The molecule has 1 aliphatic rings. The molecule has 0 N–H and O–H groups in total. The number of hydrogen-bond acceptors (Lipinski definition) is 4. The first-order valence-corrected chi connectivity index (χ1v) is 6.12. The summed E-state index contributed by atoms with van der Waals surface area (Å²) in [7, 11) is 0. The summed E-state index contributed by atoms with van der Waals surface area (Å²) >= 11 is 0. The van der Waals surface area contributed by atoms with Crippen molar-refractivity contribution in [3.63, 3.8) is 0 Å². The average Bonchev–Trinajstić information content (AvgIpc) is 2.86. The number of rotatable bonds is 2. The van der Waals surface area contributed by atoms with Crippen molar-refractivity contribution < 1.29 is 9.26 Å². The third-order valence-electron chi connectivity index (χ3n) is 3.06. The highest BCUT2D eigenvalue weighted by atomic mass is 16.5. The minimum Gasteiger partial charge on any atom is -0.378 e. The highest BCUT2D eigenvalue weighted by Gasteiger charge is 2.17. The Kier molecular flexibility index (Phi) is 3.02. The van der Waals surface area contributed by atoms with Gasteiger partial charge in [-0.05, 0) is 19.1 Å². The maximum absolute atomic E-state index is 5.38. The number of ether oxygens (including phenoxy) is 1. The lowest BCUT2D eigenvalue weighted by Gasteiger charge is -2.30. The van der Waals surface area contributed by atoms with Crippen LogP contribution >= 0.6 is 0 Å². The SMILES string of the molecule is Cc1cc(-c2[c]cccc2N2CCOCC2)on1. The summed E-state index contributed by atoms with van der Waals surface area (Å²) in [6.45, 7) is 5.26. The van der Waals surface area contributed by atoms with Crippen LogP contribution in [0, 0.1) is 13.0 Å². The van der Waals surface area contributed by atoms with Crippen LogP contribution in [0.5, 0.6) is 0 Å². The Bertz CT molecular complexity index is 530. The highest BCUT2D eigenvalue weighted by molar-refractivity contribution is 5.75. The molecule has 93 valence electrons. The van der Waals surface area contributed by atoms with Gasteiger partial charge in [-0.15, -0.1) is 0 Å². The van der Waals surface area contributed by atoms with E-state index in [9.17, 15) is 0 Å². The molecule has 1 fully saturated rings. The second-order valence-corrected chi connectivity index (χ2v) is 4.36. The van der Waals surface area contributed by atoms with E-state index in [4.69, 9.17) is 9.26 Å². The lowest BCUT2D eigenvalue weighted by molar-refractivity contribution is 0.122. The Morgan fingerprint density at radius 3 is 2.89 bits per heavy atom. The largest absolute Gasteiger partial charge is 0.378 e. The molecular weight excluding hydrogens is 228 g/mol. The van der Waals surface area contributed by atoms with E-state index in [0.29, 0.717) is 0 Å². The minimum atomic E-state index is 0.768. The lowest BCUT2D eigenvalue weighted by Crippen LogP contribution is -2.36. The quantitative estimate of drug-likeness (QED) is 0.811. The predicted octanol–water partition coefficient (Wildman–Crippen LogP) is 2.29. The molecule has 0 saturated carbocycles. The molecule has 1 aliphatic heterocycles. The van der Waals surface area contributed by atoms with Crippen LogP contribution in [0.3, 0.4) is 0 Å². The van der Waals surface area contributed by atoms with E-state index in [1.807, 2.05) is 25.1 Å². The zero-order chi connectivity index (χ0) is 12.4. The Morgan fingerprint density at radius 1 is 1.33 bits per heavy atom. The van der Waals surface area contributed by atoms with Crippen LogP contribution in [0.25, 0.3) is 11.3 Å². The maximum atomic E-state index is 5.38. The van der Waals surface area contributed by atoms with E-state index in [-0.39, 0.29) is 0 Å². The predicted molar refractivity (Wildman–Crippen MR) is 68.5 cm³/mol. The van der Waals surface area contributed by atoms with Crippen LogP contribution in [0.4, 0.5) is 5.69 Å². The van der Waals surface area contributed by atoms with Crippen molar-refractivity contribution in [3.8, 4) is 11.3 Å². The molecule has 0 aliphatic carbocycles. The normalized spacial score (nSPS) is 15.9. The van der Waals surface area contributed by atoms with Gasteiger partial charge in [0.05, 0.1) is 24.5 Å². The van der Waals surface area contributed by atoms with Gasteiger partial charge in [0.2, 0.25) is 0 Å². The first-order valence-electron chi connectivity index (χ1n) is 6.12. The molecule has 18 heavy (non-hydrogen) atoms. The summed E-state index contributed by atoms with van der Waals surface area (Å²) in [5, 5.41) is 3.94. The van der Waals surface area contributed by atoms with Gasteiger partial charge in [-0.25, -0.2) is 0 Å². The molecule has 2 aromatic rings. The number of hydrogen-bond donors (Lipinski definition) is 0. The Balaban J connectivity index is 1.99. The zero-order valence-electron chi connectivity index (χ0n) is 10.3. The number of anilines is 1. The zero-order valence-corrected chi connectivity index (χ0v) is 10.3. The van der Waals surface area contributed by atoms with Crippen molar-refractivity contribution in [1.82, 2.24) is 5.16 Å². The van der Waals surface area contributed by atoms with E-state index in [0.717, 1.165) is 49.0 Å². The molecule has 2 heterocycles. The number of benzene rings is 1. The Labute approximate surface area is 106 Å². The first-order chi connectivity index (χ1) is 8.84. The first kappa shape index (κ1) is 11.3. The third kappa shape index (κ3) is 2.11. The van der Waals surface area contributed by atoms with Crippen LogP contribution in [-0.4, -0.2) is 31.5 Å². The van der Waals surface area contributed by atoms with Crippen molar-refractivity contribution in [2.24, 2.45) is 0 Å². The van der Waals surface area contributed by atoms with Gasteiger partial charge in [-0.1, -0.05) is 17.3 Å². The van der Waals surface area contributed by atoms with Crippen LogP contribution in [0.1, 0.15) is 5.69 Å². The lowest BCUT2D eigenvalue weighted by atomic mass is 10.1. The van der Waals surface area contributed by atoms with Gasteiger partial charge in [-0.2, -0.15) is 0 Å². The van der Waals surface area contributed by atoms with Crippen molar-refractivity contribution in [2.75, 3.05) is 31.2 Å². The van der Waals surface area contributed by atoms with Crippen LogP contribution in [0.2, 0.25) is 0 Å². The molecular formula is C14H15N2O2. The van der Waals surface area contributed by atoms with Crippen molar-refractivity contribution in [2.45, 2.75) is 6.92 Å². The molecule has 3 rings (SSSR count). The Hall–Kier alpha value is -1.81. The molecule has 0 bridgehead atoms. The summed E-state index contributed by atoms with van der Waals surface area (Å²) < 4.78 is 10.7. The van der Waals surface area contributed by atoms with Gasteiger partial charge in [0.15, 0.2) is 5.76 Å². The maximum Gasteiger partial charge on any atom is 0.169 e. The Morgan fingerprint density at radius 2 is 2.17 bits per heavy atom. The molecule has 4 nitrogen and oxygen atoms in total. The third-order valence-corrected chi connectivity index (χ3v) is 3.06. The molecule has 0 atom stereocenters. The number of aromatic nitrogens is 1. The van der Waals surface area contributed by atoms with Gasteiger partial charge in [-0.3, -0.25) is 0 Å². The average molecular weight is 243 g/mol. The molecule has 1 aromatic carbocycles. The monoisotopic (exact) mass is 243 g/mol. The summed E-state index contributed by atoms with van der Waals surface area (Å²) in [5.74, 6) is 0.773. The standard InChI is InChI=1S/C14H15N2O2/c1-11-10-14(18-15-11)12-4-2-3-5-13(12)16-6-8-17-9-7-16/h2-3,5,10H,6-9H2,1H3. The second kappa shape index (κ2) is 4.82. The second-order valence-electron chi connectivity index (χ2n) is 4.36. The van der Waals surface area contributed by atoms with Gasteiger partial charge >= 0.3 is 0 Å². The fourth-order valence-electron chi connectivity index (χ4n) is 2.17. The van der Waals surface area contributed by atoms with Crippen molar-refractivity contribution in [3.05, 3.63) is 36.0 Å². The number of aryl methyl sites for hydroxylation is 1. The molecule has 0 amide bonds. The topological polar surface area (TPSA) is 38.5 Å². The van der Waals surface area contributed by atoms with Crippen molar-refractivity contribution >= 4 is 5.69 Å². The fourth-order valence-corrected chi connectivity index (χ4v) is 2.17. The van der Waals surface area contributed by atoms with Gasteiger partial charge in [0.25, 0.3) is 0 Å². The van der Waals surface area contributed by atoms with Crippen LogP contribution in [0.15, 0.2) is 28.8 Å². The summed E-state index contributed by atoms with van der Waals surface area (Å²) in [5.41, 5.74) is 2.99. The van der Waals surface area contributed by atoms with Crippen molar-refractivity contribution in [1.29, 1.82) is 0 Å². The summed E-state index contributed by atoms with van der Waals surface area (Å²) in [6.07, 6.45) is 0. The molecule has 4 heteroatoms. The summed E-state index contributed by atoms with van der Waals surface area (Å²) in [4.78, 5) is 2.30. The van der Waals surface area contributed by atoms with Gasteiger partial charge in [0.1, 0.15) is 0 Å². The van der Waals surface area contributed by atoms with E-state index in [1.165, 1.54) is 0 Å². The van der Waals surface area contributed by atoms with Gasteiger partial charge < -0.3 is 14.2 Å². The van der Waals surface area contributed by atoms with E-state index < -0.39 is 0 Å². The van der Waals surface area contributed by atoms with Crippen LogP contribution in [-0.2, 0) is 4.74 Å². The van der Waals surface area contributed by atoms with E-state index in [1.54, 1.807) is 0 Å². The number of morpholine rings is 1. The summed E-state index contributed by atoms with van der Waals surface area (Å²) in [6, 6.07) is 11.2. The molecule has 1 radical (unpaired) electrons. The minimum absolute atomic E-state index is 0.768. The fraction of sp³-hybridized carbons (Fsp3) is 0.357. The van der Waals surface area contributed by atoms with E-state index in [2.05, 4.69) is 22.2 Å². The highest BCUT2D eigenvalue weighted by Crippen LogP contribution is 2.31. The molecule has 0 spiro atoms. The number of nitrogens with zero attached hydrogens (tertiary/aromatic N) is 2. The van der Waals surface area contributed by atoms with Crippen LogP contribution < -0.4 is 4.90 Å².